The summed E-state index contributed by atoms with van der Waals surface area (Å²) in [5.41, 5.74) is 1.72. The molecule has 1 aromatic rings. The van der Waals surface area contributed by atoms with Gasteiger partial charge < -0.3 is 20.5 Å². The highest BCUT2D eigenvalue weighted by Crippen LogP contribution is 2.12. The van der Waals surface area contributed by atoms with Gasteiger partial charge in [-0.25, -0.2) is 0 Å². The van der Waals surface area contributed by atoms with E-state index >= 15 is 0 Å². The number of amides is 2. The average Bonchev–Trinajstić information content (AvgIpc) is 2.72. The van der Waals surface area contributed by atoms with Crippen LogP contribution in [0.3, 0.4) is 0 Å². The second-order valence-corrected chi connectivity index (χ2v) is 6.04. The van der Waals surface area contributed by atoms with Gasteiger partial charge in [-0.2, -0.15) is 0 Å². The van der Waals surface area contributed by atoms with Gasteiger partial charge in [-0.1, -0.05) is 45.2 Å². The van der Waals surface area contributed by atoms with Gasteiger partial charge in [0.1, 0.15) is 0 Å². The highest BCUT2D eigenvalue weighted by atomic mass is 16.6. The first-order valence-electron chi connectivity index (χ1n) is 9.85. The second-order valence-electron chi connectivity index (χ2n) is 6.04. The standard InChI is InChI=1S/C19H30N2O4.C2H6/c1-20-17(22)12-7-5-3-4-6-9-15-10-8-11-16(13-15)19(24)21-14-18(23)25-2;1-2/h8,10-11,13,18,23H,3-7,9,12,14H2,1-2H3,(H,20,22)(H,21,24);1-2H3. The van der Waals surface area contributed by atoms with E-state index in [1.165, 1.54) is 7.11 Å². The van der Waals surface area contributed by atoms with Crippen LogP contribution in [0.4, 0.5) is 0 Å². The molecule has 0 aliphatic carbocycles. The molecule has 0 aliphatic heterocycles. The van der Waals surface area contributed by atoms with Gasteiger partial charge in [0.2, 0.25) is 5.91 Å². The Morgan fingerprint density at radius 1 is 1.11 bits per heavy atom. The normalized spacial score (nSPS) is 11.1. The predicted molar refractivity (Wildman–Crippen MR) is 109 cm³/mol. The van der Waals surface area contributed by atoms with E-state index in [-0.39, 0.29) is 18.4 Å². The molecule has 0 saturated heterocycles. The highest BCUT2D eigenvalue weighted by molar-refractivity contribution is 5.94. The molecule has 0 heterocycles. The Bertz CT molecular complexity index is 535. The van der Waals surface area contributed by atoms with Crippen LogP contribution in [-0.4, -0.2) is 43.9 Å². The number of benzene rings is 1. The predicted octanol–water partition coefficient (Wildman–Crippen LogP) is 3.04. The van der Waals surface area contributed by atoms with Crippen molar-refractivity contribution in [2.45, 2.75) is 65.1 Å². The number of hydrogen-bond acceptors (Lipinski definition) is 4. The lowest BCUT2D eigenvalue weighted by atomic mass is 10.0. The quantitative estimate of drug-likeness (QED) is 0.384. The summed E-state index contributed by atoms with van der Waals surface area (Å²) in [6, 6.07) is 7.55. The summed E-state index contributed by atoms with van der Waals surface area (Å²) in [7, 11) is 3.05. The van der Waals surface area contributed by atoms with Crippen LogP contribution in [0.2, 0.25) is 0 Å². The van der Waals surface area contributed by atoms with Crippen LogP contribution in [0.15, 0.2) is 24.3 Å². The molecule has 0 radical (unpaired) electrons. The topological polar surface area (TPSA) is 87.7 Å². The Hall–Kier alpha value is -1.92. The first-order valence-corrected chi connectivity index (χ1v) is 9.85. The second kappa shape index (κ2) is 16.3. The van der Waals surface area contributed by atoms with Gasteiger partial charge in [0.15, 0.2) is 6.29 Å². The molecule has 154 valence electrons. The lowest BCUT2D eigenvalue weighted by Crippen LogP contribution is -2.32. The van der Waals surface area contributed by atoms with Gasteiger partial charge in [0.05, 0.1) is 6.54 Å². The fourth-order valence-corrected chi connectivity index (χ4v) is 2.50. The van der Waals surface area contributed by atoms with E-state index < -0.39 is 6.29 Å². The molecule has 1 unspecified atom stereocenters. The van der Waals surface area contributed by atoms with Crippen LogP contribution in [0.25, 0.3) is 0 Å². The molecule has 0 spiro atoms. The summed E-state index contributed by atoms with van der Waals surface area (Å²) in [5, 5.41) is 14.6. The number of hydrogen-bond donors (Lipinski definition) is 3. The number of aliphatic hydroxyl groups is 1. The molecule has 2 amide bonds. The first-order chi connectivity index (χ1) is 13.1. The first kappa shape index (κ1) is 25.1. The van der Waals surface area contributed by atoms with Gasteiger partial charge in [0, 0.05) is 26.1 Å². The number of rotatable bonds is 12. The van der Waals surface area contributed by atoms with Crippen LogP contribution in [0, 0.1) is 0 Å². The molecule has 1 aromatic carbocycles. The largest absolute Gasteiger partial charge is 0.366 e. The van der Waals surface area contributed by atoms with E-state index in [1.807, 2.05) is 32.0 Å². The minimum absolute atomic E-state index is 0.0651. The Balaban J connectivity index is 0.00000326. The molecular formula is C21H36N2O4. The van der Waals surface area contributed by atoms with Crippen molar-refractivity contribution < 1.29 is 19.4 Å². The number of methoxy groups -OCH3 is 1. The molecule has 0 fully saturated rings. The Labute approximate surface area is 163 Å². The van der Waals surface area contributed by atoms with Crippen molar-refractivity contribution in [2.24, 2.45) is 0 Å². The van der Waals surface area contributed by atoms with Crippen LogP contribution in [-0.2, 0) is 16.0 Å². The summed E-state index contributed by atoms with van der Waals surface area (Å²) >= 11 is 0. The van der Waals surface area contributed by atoms with E-state index in [1.54, 1.807) is 13.1 Å². The summed E-state index contributed by atoms with van der Waals surface area (Å²) < 4.78 is 4.69. The summed E-state index contributed by atoms with van der Waals surface area (Å²) in [6.45, 7) is 4.07. The highest BCUT2D eigenvalue weighted by Gasteiger charge is 2.08. The van der Waals surface area contributed by atoms with Gasteiger partial charge in [-0.05, 0) is 37.0 Å². The lowest BCUT2D eigenvalue weighted by Gasteiger charge is -2.10. The van der Waals surface area contributed by atoms with Crippen molar-refractivity contribution in [1.29, 1.82) is 0 Å². The third-order valence-corrected chi connectivity index (χ3v) is 4.05. The smallest absolute Gasteiger partial charge is 0.251 e. The van der Waals surface area contributed by atoms with Crippen molar-refractivity contribution in [3.8, 4) is 0 Å². The molecule has 27 heavy (non-hydrogen) atoms. The Kier molecular flexibility index (Phi) is 15.1. The van der Waals surface area contributed by atoms with E-state index in [0.717, 1.165) is 44.1 Å². The van der Waals surface area contributed by atoms with E-state index in [0.29, 0.717) is 12.0 Å². The third-order valence-electron chi connectivity index (χ3n) is 4.05. The molecular weight excluding hydrogens is 344 g/mol. The zero-order chi connectivity index (χ0) is 20.5. The van der Waals surface area contributed by atoms with Crippen LogP contribution in [0.5, 0.6) is 0 Å². The summed E-state index contributed by atoms with van der Waals surface area (Å²) in [6.07, 6.45) is 5.84. The maximum absolute atomic E-state index is 12.0. The molecule has 1 rings (SSSR count). The summed E-state index contributed by atoms with van der Waals surface area (Å²) in [5.74, 6) is -0.111. The minimum Gasteiger partial charge on any atom is -0.366 e. The zero-order valence-electron chi connectivity index (χ0n) is 17.2. The number of aliphatic hydroxyl groups excluding tert-OH is 1. The van der Waals surface area contributed by atoms with Crippen molar-refractivity contribution in [1.82, 2.24) is 10.6 Å². The molecule has 3 N–H and O–H groups in total. The van der Waals surface area contributed by atoms with Crippen LogP contribution >= 0.6 is 0 Å². The number of carbonyl (C=O) groups excluding carboxylic acids is 2. The van der Waals surface area contributed by atoms with Crippen LogP contribution < -0.4 is 10.6 Å². The monoisotopic (exact) mass is 380 g/mol. The third kappa shape index (κ3) is 12.2. The fourth-order valence-electron chi connectivity index (χ4n) is 2.50. The molecule has 0 saturated carbocycles. The van der Waals surface area contributed by atoms with E-state index in [2.05, 4.69) is 10.6 Å². The molecule has 0 aromatic heterocycles. The van der Waals surface area contributed by atoms with Crippen molar-refractivity contribution in [3.05, 3.63) is 35.4 Å². The van der Waals surface area contributed by atoms with E-state index in [9.17, 15) is 14.7 Å². The maximum Gasteiger partial charge on any atom is 0.251 e. The van der Waals surface area contributed by atoms with Gasteiger partial charge >= 0.3 is 0 Å². The molecule has 0 aliphatic rings. The SMILES string of the molecule is CC.CNC(=O)CCCCCCCc1cccc(C(=O)NCC(O)OC)c1. The average molecular weight is 381 g/mol. The number of ether oxygens (including phenoxy) is 1. The maximum atomic E-state index is 12.0. The van der Waals surface area contributed by atoms with Gasteiger partial charge in [-0.15, -0.1) is 0 Å². The number of unbranched alkanes of at least 4 members (excludes halogenated alkanes) is 4. The lowest BCUT2D eigenvalue weighted by molar-refractivity contribution is -0.120. The molecule has 6 nitrogen and oxygen atoms in total. The minimum atomic E-state index is -0.990. The number of carbonyl (C=O) groups is 2. The van der Waals surface area contributed by atoms with Crippen molar-refractivity contribution in [3.63, 3.8) is 0 Å². The van der Waals surface area contributed by atoms with E-state index in [4.69, 9.17) is 4.74 Å². The molecule has 6 heteroatoms. The number of nitrogens with one attached hydrogen (secondary N) is 2. The summed E-state index contributed by atoms with van der Waals surface area (Å²) in [4.78, 5) is 23.1. The number of aryl methyl sites for hydroxylation is 1. The Morgan fingerprint density at radius 2 is 1.78 bits per heavy atom. The van der Waals surface area contributed by atoms with Crippen molar-refractivity contribution >= 4 is 11.8 Å². The van der Waals surface area contributed by atoms with Gasteiger partial charge in [0.25, 0.3) is 5.91 Å². The fraction of sp³-hybridized carbons (Fsp3) is 0.619. The molecule has 1 atom stereocenters. The van der Waals surface area contributed by atoms with Gasteiger partial charge in [-0.3, -0.25) is 9.59 Å². The zero-order valence-corrected chi connectivity index (χ0v) is 17.2. The van der Waals surface area contributed by atoms with Crippen molar-refractivity contribution in [2.75, 3.05) is 20.7 Å². The van der Waals surface area contributed by atoms with Crippen LogP contribution in [0.1, 0.15) is 68.3 Å². The molecule has 0 bridgehead atoms. The Morgan fingerprint density at radius 3 is 2.44 bits per heavy atom.